The summed E-state index contributed by atoms with van der Waals surface area (Å²) in [7, 11) is 2.95. The van der Waals surface area contributed by atoms with Gasteiger partial charge in [0.1, 0.15) is 12.2 Å². The predicted molar refractivity (Wildman–Crippen MR) is 120 cm³/mol. The number of methoxy groups -OCH3 is 1. The number of amides is 2. The second-order valence-electron chi connectivity index (χ2n) is 6.50. The van der Waals surface area contributed by atoms with Crippen molar-refractivity contribution < 1.29 is 29.0 Å². The smallest absolute Gasteiger partial charge is 0.335 e. The van der Waals surface area contributed by atoms with Crippen LogP contribution < -0.4 is 14.8 Å². The van der Waals surface area contributed by atoms with Crippen molar-refractivity contribution in [2.24, 2.45) is 0 Å². The highest BCUT2D eigenvalue weighted by Gasteiger charge is 2.31. The summed E-state index contributed by atoms with van der Waals surface area (Å²) in [5, 5.41) is 11.5. The minimum Gasteiger partial charge on any atom is -0.493 e. The van der Waals surface area contributed by atoms with Gasteiger partial charge in [-0.2, -0.15) is 0 Å². The molecule has 3 rings (SSSR count). The van der Waals surface area contributed by atoms with E-state index in [1.165, 1.54) is 37.3 Å². The minimum absolute atomic E-state index is 0.0453. The summed E-state index contributed by atoms with van der Waals surface area (Å²) >= 11 is 8.37. The molecule has 1 fully saturated rings. The Morgan fingerprint density at radius 2 is 1.90 bits per heavy atom. The van der Waals surface area contributed by atoms with Crippen molar-refractivity contribution in [1.82, 2.24) is 10.2 Å². The van der Waals surface area contributed by atoms with Gasteiger partial charge in [0, 0.05) is 11.5 Å². The molecule has 2 N–H and O–H groups in total. The van der Waals surface area contributed by atoms with E-state index in [4.69, 9.17) is 26.8 Å². The first-order valence-corrected chi connectivity index (χ1v) is 10.1. The summed E-state index contributed by atoms with van der Waals surface area (Å²) in [6.45, 7) is 0.187. The van der Waals surface area contributed by atoms with Crippen LogP contribution in [0.4, 0.5) is 0 Å². The van der Waals surface area contributed by atoms with Gasteiger partial charge in [0.15, 0.2) is 16.6 Å². The van der Waals surface area contributed by atoms with Gasteiger partial charge in [-0.3, -0.25) is 19.8 Å². The molecule has 8 nitrogen and oxygen atoms in total. The number of carboxylic acids is 1. The van der Waals surface area contributed by atoms with Crippen molar-refractivity contribution in [3.8, 4) is 11.5 Å². The molecule has 1 aliphatic heterocycles. The first-order valence-electron chi connectivity index (χ1n) is 8.89. The zero-order chi connectivity index (χ0) is 22.7. The van der Waals surface area contributed by atoms with E-state index in [0.29, 0.717) is 21.5 Å². The van der Waals surface area contributed by atoms with Crippen molar-refractivity contribution in [2.75, 3.05) is 14.2 Å². The van der Waals surface area contributed by atoms with Gasteiger partial charge in [-0.05, 0) is 53.7 Å². The van der Waals surface area contributed by atoms with Crippen LogP contribution in [0, 0.1) is 0 Å². The number of rotatable bonds is 6. The summed E-state index contributed by atoms with van der Waals surface area (Å²) < 4.78 is 11.8. The Bertz CT molecular complexity index is 1110. The average Bonchev–Trinajstić information content (AvgIpc) is 2.75. The molecule has 1 aliphatic rings. The van der Waals surface area contributed by atoms with Crippen LogP contribution in [0.15, 0.2) is 46.4 Å². The molecule has 1 heterocycles. The van der Waals surface area contributed by atoms with Crippen molar-refractivity contribution in [2.45, 2.75) is 6.61 Å². The molecule has 0 spiro atoms. The van der Waals surface area contributed by atoms with E-state index in [1.54, 1.807) is 24.3 Å². The number of aromatic carboxylic acids is 1. The molecule has 0 aliphatic carbocycles. The molecule has 0 aromatic heterocycles. The molecule has 160 valence electrons. The molecule has 2 amide bonds. The summed E-state index contributed by atoms with van der Waals surface area (Å²) in [5.74, 6) is -1.27. The van der Waals surface area contributed by atoms with Gasteiger partial charge in [0.05, 0.1) is 12.7 Å². The van der Waals surface area contributed by atoms with E-state index in [1.807, 2.05) is 0 Å². The normalized spacial score (nSPS) is 15.1. The van der Waals surface area contributed by atoms with Crippen LogP contribution in [0.2, 0.25) is 0 Å². The Morgan fingerprint density at radius 1 is 1.23 bits per heavy atom. The number of ether oxygens (including phenoxy) is 2. The standard InChI is InChI=1S/C21H17BrN2O6S/c1-24-19(26)14(18(25)23-21(24)31)7-13-8-16(29-2)17(9-15(13)22)30-10-11-3-5-12(6-4-11)20(27)28/h3-9H,10H2,1-2H3,(H,27,28)(H,23,25,31)/b14-7+. The Balaban J connectivity index is 1.84. The number of halogens is 1. The second-order valence-corrected chi connectivity index (χ2v) is 7.74. The minimum atomic E-state index is -0.999. The fraction of sp³-hybridized carbons (Fsp3) is 0.143. The number of nitrogens with zero attached hydrogens (tertiary/aromatic N) is 1. The maximum atomic E-state index is 12.4. The summed E-state index contributed by atoms with van der Waals surface area (Å²) in [6.07, 6.45) is 1.44. The van der Waals surface area contributed by atoms with Crippen molar-refractivity contribution in [1.29, 1.82) is 0 Å². The Morgan fingerprint density at radius 3 is 2.52 bits per heavy atom. The van der Waals surface area contributed by atoms with E-state index in [-0.39, 0.29) is 22.9 Å². The highest BCUT2D eigenvalue weighted by molar-refractivity contribution is 9.10. The molecule has 0 radical (unpaired) electrons. The average molecular weight is 505 g/mol. The maximum absolute atomic E-state index is 12.4. The fourth-order valence-corrected chi connectivity index (χ4v) is 3.35. The van der Waals surface area contributed by atoms with E-state index < -0.39 is 17.8 Å². The molecule has 2 aromatic carbocycles. The first kappa shape index (κ1) is 22.4. The third kappa shape index (κ3) is 4.92. The van der Waals surface area contributed by atoms with Gasteiger partial charge in [-0.1, -0.05) is 28.1 Å². The number of carbonyl (C=O) groups excluding carboxylic acids is 2. The highest BCUT2D eigenvalue weighted by Crippen LogP contribution is 2.35. The van der Waals surface area contributed by atoms with E-state index in [9.17, 15) is 14.4 Å². The van der Waals surface area contributed by atoms with Crippen LogP contribution >= 0.6 is 28.1 Å². The van der Waals surface area contributed by atoms with E-state index in [2.05, 4.69) is 21.2 Å². The van der Waals surface area contributed by atoms with E-state index in [0.717, 1.165) is 5.56 Å². The monoisotopic (exact) mass is 504 g/mol. The molecule has 10 heteroatoms. The lowest BCUT2D eigenvalue weighted by Gasteiger charge is -2.25. The van der Waals surface area contributed by atoms with Crippen LogP contribution in [0.1, 0.15) is 21.5 Å². The molecule has 0 saturated carbocycles. The van der Waals surface area contributed by atoms with Gasteiger partial charge in [-0.15, -0.1) is 0 Å². The number of benzene rings is 2. The fourth-order valence-electron chi connectivity index (χ4n) is 2.74. The number of carbonyl (C=O) groups is 3. The van der Waals surface area contributed by atoms with Crippen LogP contribution in [0.5, 0.6) is 11.5 Å². The molecule has 1 saturated heterocycles. The lowest BCUT2D eigenvalue weighted by molar-refractivity contribution is -0.128. The van der Waals surface area contributed by atoms with Crippen molar-refractivity contribution in [3.63, 3.8) is 0 Å². The topological polar surface area (TPSA) is 105 Å². The molecular formula is C21H17BrN2O6S. The molecule has 31 heavy (non-hydrogen) atoms. The zero-order valence-electron chi connectivity index (χ0n) is 16.5. The van der Waals surface area contributed by atoms with Crippen LogP contribution in [0.25, 0.3) is 6.08 Å². The van der Waals surface area contributed by atoms with Gasteiger partial charge < -0.3 is 14.6 Å². The molecule has 0 atom stereocenters. The Kier molecular flexibility index (Phi) is 6.71. The molecular weight excluding hydrogens is 488 g/mol. The number of likely N-dealkylation sites (N-methyl/N-ethyl adjacent to an activating group) is 1. The zero-order valence-corrected chi connectivity index (χ0v) is 18.9. The van der Waals surface area contributed by atoms with Crippen molar-refractivity contribution in [3.05, 3.63) is 63.1 Å². The quantitative estimate of drug-likeness (QED) is 0.353. The second kappa shape index (κ2) is 9.27. The summed E-state index contributed by atoms with van der Waals surface area (Å²) in [5.41, 5.74) is 1.44. The summed E-state index contributed by atoms with van der Waals surface area (Å²) in [6, 6.07) is 9.62. The predicted octanol–water partition coefficient (Wildman–Crippen LogP) is 2.99. The Hall–Kier alpha value is -3.24. The molecule has 0 unspecified atom stereocenters. The van der Waals surface area contributed by atoms with Crippen molar-refractivity contribution >= 4 is 57.1 Å². The van der Waals surface area contributed by atoms with Gasteiger partial charge in [0.25, 0.3) is 11.8 Å². The Labute approximate surface area is 191 Å². The van der Waals surface area contributed by atoms with Gasteiger partial charge in [0.2, 0.25) is 0 Å². The molecule has 0 bridgehead atoms. The maximum Gasteiger partial charge on any atom is 0.335 e. The molecule has 2 aromatic rings. The number of hydrogen-bond acceptors (Lipinski definition) is 6. The lowest BCUT2D eigenvalue weighted by atomic mass is 10.1. The highest BCUT2D eigenvalue weighted by atomic mass is 79.9. The largest absolute Gasteiger partial charge is 0.493 e. The van der Waals surface area contributed by atoms with E-state index >= 15 is 0 Å². The number of hydrogen-bond donors (Lipinski definition) is 2. The van der Waals surface area contributed by atoms with Gasteiger partial charge in [-0.25, -0.2) is 4.79 Å². The summed E-state index contributed by atoms with van der Waals surface area (Å²) in [4.78, 5) is 36.7. The number of nitrogens with one attached hydrogen (secondary N) is 1. The van der Waals surface area contributed by atoms with Crippen LogP contribution in [-0.4, -0.2) is 47.1 Å². The third-order valence-corrected chi connectivity index (χ3v) is 5.55. The number of thiocarbonyl (C=S) groups is 1. The van der Waals surface area contributed by atoms with Crippen LogP contribution in [0.3, 0.4) is 0 Å². The lowest BCUT2D eigenvalue weighted by Crippen LogP contribution is -2.52. The first-order chi connectivity index (χ1) is 14.7. The number of carboxylic acid groups (broad SMARTS) is 1. The third-order valence-electron chi connectivity index (χ3n) is 4.48. The van der Waals surface area contributed by atoms with Crippen LogP contribution in [-0.2, 0) is 16.2 Å². The SMILES string of the molecule is COc1cc(/C=C2\C(=O)NC(=S)N(C)C2=O)c(Br)cc1OCc1ccc(C(=O)O)cc1. The van der Waals surface area contributed by atoms with Gasteiger partial charge >= 0.3 is 5.97 Å².